The van der Waals surface area contributed by atoms with E-state index in [9.17, 15) is 4.79 Å². The summed E-state index contributed by atoms with van der Waals surface area (Å²) in [6, 6.07) is 1.45. The van der Waals surface area contributed by atoms with Crippen molar-refractivity contribution < 1.29 is 14.6 Å². The molecule has 7 heteroatoms. The van der Waals surface area contributed by atoms with Gasteiger partial charge in [0.15, 0.2) is 5.75 Å². The molecule has 0 fully saturated rings. The molecule has 0 atom stereocenters. The average molecular weight is 234 g/mol. The number of nitrogens with two attached hydrogens (primary N) is 1. The Morgan fingerprint density at radius 2 is 2.35 bits per heavy atom. The van der Waals surface area contributed by atoms with Gasteiger partial charge in [-0.3, -0.25) is 0 Å². The molecule has 0 unspecified atom stereocenters. The molecule has 2 aromatic rings. The number of methoxy groups -OCH3 is 1. The van der Waals surface area contributed by atoms with E-state index < -0.39 is 5.97 Å². The van der Waals surface area contributed by atoms with Gasteiger partial charge < -0.3 is 20.6 Å². The number of anilines is 1. The number of aromatic amines is 1. The Morgan fingerprint density at radius 1 is 1.59 bits per heavy atom. The van der Waals surface area contributed by atoms with Crippen molar-refractivity contribution in [3.63, 3.8) is 0 Å². The van der Waals surface area contributed by atoms with Gasteiger partial charge in [0.2, 0.25) is 5.95 Å². The van der Waals surface area contributed by atoms with E-state index in [0.29, 0.717) is 17.0 Å². The van der Waals surface area contributed by atoms with Gasteiger partial charge in [-0.2, -0.15) is 0 Å². The van der Waals surface area contributed by atoms with Crippen LogP contribution in [0.25, 0.3) is 11.3 Å². The monoisotopic (exact) mass is 234 g/mol. The second-order valence-corrected chi connectivity index (χ2v) is 3.25. The van der Waals surface area contributed by atoms with Gasteiger partial charge in [-0.15, -0.1) is 0 Å². The summed E-state index contributed by atoms with van der Waals surface area (Å²) in [5.74, 6) is -0.522. The highest BCUT2D eigenvalue weighted by atomic mass is 16.5. The minimum absolute atomic E-state index is 0.0687. The van der Waals surface area contributed by atoms with Crippen molar-refractivity contribution in [3.05, 3.63) is 24.2 Å². The maximum Gasteiger partial charge on any atom is 0.352 e. The molecule has 88 valence electrons. The van der Waals surface area contributed by atoms with E-state index in [-0.39, 0.29) is 11.6 Å². The Labute approximate surface area is 96.3 Å². The van der Waals surface area contributed by atoms with Crippen LogP contribution in [0.2, 0.25) is 0 Å². The lowest BCUT2D eigenvalue weighted by Gasteiger charge is -2.05. The van der Waals surface area contributed by atoms with Gasteiger partial charge in [0.25, 0.3) is 0 Å². The number of nitrogens with zero attached hydrogens (tertiary/aromatic N) is 2. The first-order chi connectivity index (χ1) is 8.11. The number of aromatic carboxylic acids is 1. The SMILES string of the molecule is COc1cnc(N)nc1-c1c[nH]c(C(=O)O)c1. The summed E-state index contributed by atoms with van der Waals surface area (Å²) in [4.78, 5) is 21.2. The smallest absolute Gasteiger partial charge is 0.352 e. The van der Waals surface area contributed by atoms with Gasteiger partial charge in [-0.1, -0.05) is 0 Å². The largest absolute Gasteiger partial charge is 0.493 e. The summed E-state index contributed by atoms with van der Waals surface area (Å²) in [6.07, 6.45) is 2.96. The normalized spacial score (nSPS) is 10.2. The number of rotatable bonds is 3. The van der Waals surface area contributed by atoms with Gasteiger partial charge in [0.05, 0.1) is 13.3 Å². The highest BCUT2D eigenvalue weighted by Crippen LogP contribution is 2.28. The molecule has 0 aliphatic heterocycles. The maximum absolute atomic E-state index is 10.7. The van der Waals surface area contributed by atoms with E-state index in [2.05, 4.69) is 15.0 Å². The Bertz CT molecular complexity index is 564. The summed E-state index contributed by atoms with van der Waals surface area (Å²) in [5.41, 5.74) is 6.58. The number of nitrogens with one attached hydrogen (secondary N) is 1. The maximum atomic E-state index is 10.7. The van der Waals surface area contributed by atoms with Gasteiger partial charge in [-0.05, 0) is 6.07 Å². The lowest BCUT2D eigenvalue weighted by atomic mass is 10.2. The van der Waals surface area contributed by atoms with E-state index in [1.165, 1.54) is 25.6 Å². The van der Waals surface area contributed by atoms with Crippen LogP contribution in [0, 0.1) is 0 Å². The highest BCUT2D eigenvalue weighted by Gasteiger charge is 2.13. The molecular weight excluding hydrogens is 224 g/mol. The third-order valence-corrected chi connectivity index (χ3v) is 2.18. The van der Waals surface area contributed by atoms with Crippen LogP contribution in [-0.2, 0) is 0 Å². The van der Waals surface area contributed by atoms with E-state index in [1.54, 1.807) is 0 Å². The predicted octanol–water partition coefficient (Wildman–Crippen LogP) is 0.761. The van der Waals surface area contributed by atoms with Crippen molar-refractivity contribution in [2.45, 2.75) is 0 Å². The van der Waals surface area contributed by atoms with Crippen molar-refractivity contribution in [1.29, 1.82) is 0 Å². The number of hydrogen-bond donors (Lipinski definition) is 3. The molecule has 0 saturated carbocycles. The number of nitrogen functional groups attached to an aromatic ring is 1. The number of hydrogen-bond acceptors (Lipinski definition) is 5. The Balaban J connectivity index is 2.51. The Kier molecular flexibility index (Phi) is 2.65. The first-order valence-electron chi connectivity index (χ1n) is 4.70. The lowest BCUT2D eigenvalue weighted by Crippen LogP contribution is -1.98. The summed E-state index contributed by atoms with van der Waals surface area (Å²) in [5, 5.41) is 8.81. The lowest BCUT2D eigenvalue weighted by molar-refractivity contribution is 0.0691. The first kappa shape index (κ1) is 10.9. The molecule has 2 heterocycles. The number of H-pyrrole nitrogens is 1. The standard InChI is InChI=1S/C10H10N4O3/c1-17-7-4-13-10(11)14-8(7)5-2-6(9(15)16)12-3-5/h2-4,12H,1H3,(H,15,16)(H2,11,13,14). The predicted molar refractivity (Wildman–Crippen MR) is 59.7 cm³/mol. The van der Waals surface area contributed by atoms with Crippen LogP contribution in [0.15, 0.2) is 18.5 Å². The van der Waals surface area contributed by atoms with Gasteiger partial charge in [-0.25, -0.2) is 14.8 Å². The van der Waals surface area contributed by atoms with E-state index in [4.69, 9.17) is 15.6 Å². The third-order valence-electron chi connectivity index (χ3n) is 2.18. The number of carboxylic acids is 1. The molecule has 0 radical (unpaired) electrons. The summed E-state index contributed by atoms with van der Waals surface area (Å²) >= 11 is 0. The van der Waals surface area contributed by atoms with Crippen molar-refractivity contribution in [2.75, 3.05) is 12.8 Å². The molecule has 2 aromatic heterocycles. The zero-order valence-electron chi connectivity index (χ0n) is 8.97. The second kappa shape index (κ2) is 4.12. The van der Waals surface area contributed by atoms with Crippen LogP contribution in [0.1, 0.15) is 10.5 Å². The van der Waals surface area contributed by atoms with E-state index in [1.807, 2.05) is 0 Å². The van der Waals surface area contributed by atoms with Crippen LogP contribution in [0.3, 0.4) is 0 Å². The van der Waals surface area contributed by atoms with Gasteiger partial charge in [0.1, 0.15) is 11.4 Å². The first-order valence-corrected chi connectivity index (χ1v) is 4.70. The quantitative estimate of drug-likeness (QED) is 0.722. The summed E-state index contributed by atoms with van der Waals surface area (Å²) in [7, 11) is 1.48. The molecule has 0 saturated heterocycles. The molecule has 0 aliphatic carbocycles. The minimum atomic E-state index is -1.04. The third kappa shape index (κ3) is 2.03. The van der Waals surface area contributed by atoms with Crippen LogP contribution in [0.5, 0.6) is 5.75 Å². The molecule has 0 aromatic carbocycles. The number of carbonyl (C=O) groups is 1. The van der Waals surface area contributed by atoms with Crippen molar-refractivity contribution >= 4 is 11.9 Å². The molecule has 0 amide bonds. The topological polar surface area (TPSA) is 114 Å². The zero-order chi connectivity index (χ0) is 12.4. The van der Waals surface area contributed by atoms with Crippen molar-refractivity contribution in [1.82, 2.24) is 15.0 Å². The molecule has 2 rings (SSSR count). The Morgan fingerprint density at radius 3 is 2.94 bits per heavy atom. The second-order valence-electron chi connectivity index (χ2n) is 3.25. The van der Waals surface area contributed by atoms with Gasteiger partial charge >= 0.3 is 5.97 Å². The molecule has 0 bridgehead atoms. The number of ether oxygens (including phenoxy) is 1. The molecule has 7 nitrogen and oxygen atoms in total. The fraction of sp³-hybridized carbons (Fsp3) is 0.100. The fourth-order valence-corrected chi connectivity index (χ4v) is 1.40. The molecule has 0 spiro atoms. The summed E-state index contributed by atoms with van der Waals surface area (Å²) in [6.45, 7) is 0. The summed E-state index contributed by atoms with van der Waals surface area (Å²) < 4.78 is 5.08. The van der Waals surface area contributed by atoms with Crippen molar-refractivity contribution in [2.24, 2.45) is 0 Å². The fourth-order valence-electron chi connectivity index (χ4n) is 1.40. The van der Waals surface area contributed by atoms with Crippen LogP contribution in [0.4, 0.5) is 5.95 Å². The molecule has 0 aliphatic rings. The van der Waals surface area contributed by atoms with Crippen molar-refractivity contribution in [3.8, 4) is 17.0 Å². The number of carboxylic acid groups (broad SMARTS) is 1. The Hall–Kier alpha value is -2.57. The minimum Gasteiger partial charge on any atom is -0.493 e. The highest BCUT2D eigenvalue weighted by molar-refractivity contribution is 5.87. The van der Waals surface area contributed by atoms with E-state index in [0.717, 1.165) is 0 Å². The zero-order valence-corrected chi connectivity index (χ0v) is 8.97. The van der Waals surface area contributed by atoms with Crippen LogP contribution in [-0.4, -0.2) is 33.1 Å². The molecule has 17 heavy (non-hydrogen) atoms. The van der Waals surface area contributed by atoms with Crippen LogP contribution < -0.4 is 10.5 Å². The van der Waals surface area contributed by atoms with Gasteiger partial charge in [0, 0.05) is 11.8 Å². The average Bonchev–Trinajstić information content (AvgIpc) is 2.78. The van der Waals surface area contributed by atoms with E-state index >= 15 is 0 Å². The van der Waals surface area contributed by atoms with Crippen LogP contribution >= 0.6 is 0 Å². The number of aromatic nitrogens is 3. The molecule has 4 N–H and O–H groups in total. The molecular formula is C10H10N4O3.